The molecular formula is C18H20N2O2S2. The van der Waals surface area contributed by atoms with Gasteiger partial charge in [0.2, 0.25) is 0 Å². The Balaban J connectivity index is 1.74. The Morgan fingerprint density at radius 2 is 1.96 bits per heavy atom. The molecule has 0 unspecified atom stereocenters. The predicted molar refractivity (Wildman–Crippen MR) is 97.9 cm³/mol. The third-order valence-electron chi connectivity index (χ3n) is 4.86. The number of aryl methyl sites for hydroxylation is 2. The van der Waals surface area contributed by atoms with Crippen molar-refractivity contribution in [2.45, 2.75) is 30.5 Å². The molecule has 4 rings (SSSR count). The summed E-state index contributed by atoms with van der Waals surface area (Å²) in [5.74, 6) is 0. The molecule has 3 aromatic rings. The van der Waals surface area contributed by atoms with Gasteiger partial charge in [0.15, 0.2) is 0 Å². The molecule has 3 heterocycles. The van der Waals surface area contributed by atoms with Gasteiger partial charge in [-0.05, 0) is 36.6 Å². The van der Waals surface area contributed by atoms with Crippen LogP contribution in [0.1, 0.15) is 23.1 Å². The molecule has 0 fully saturated rings. The minimum atomic E-state index is -3.41. The number of fused-ring (bicyclic) bond motifs is 3. The summed E-state index contributed by atoms with van der Waals surface area (Å²) in [6.45, 7) is 3.04. The Bertz CT molecular complexity index is 1010. The molecule has 0 bridgehead atoms. The van der Waals surface area contributed by atoms with Crippen molar-refractivity contribution in [1.29, 1.82) is 0 Å². The van der Waals surface area contributed by atoms with Crippen molar-refractivity contribution in [1.82, 2.24) is 8.87 Å². The van der Waals surface area contributed by atoms with Gasteiger partial charge in [-0.3, -0.25) is 0 Å². The number of nitrogens with zero attached hydrogens (tertiary/aromatic N) is 2. The number of rotatable bonds is 3. The maximum Gasteiger partial charge on any atom is 0.252 e. The molecule has 1 aliphatic rings. The first-order valence-electron chi connectivity index (χ1n) is 8.16. The second-order valence-electron chi connectivity index (χ2n) is 6.16. The van der Waals surface area contributed by atoms with Gasteiger partial charge in [-0.15, -0.1) is 11.3 Å². The van der Waals surface area contributed by atoms with Crippen LogP contribution in [0.15, 0.2) is 40.6 Å². The number of benzene rings is 1. The zero-order valence-electron chi connectivity index (χ0n) is 13.8. The van der Waals surface area contributed by atoms with Crippen LogP contribution in [0.25, 0.3) is 10.9 Å². The number of sulfonamides is 1. The lowest BCUT2D eigenvalue weighted by molar-refractivity contribution is 0.384. The predicted octanol–water partition coefficient (Wildman–Crippen LogP) is 3.55. The van der Waals surface area contributed by atoms with E-state index < -0.39 is 10.0 Å². The molecule has 0 saturated carbocycles. The first-order chi connectivity index (χ1) is 11.5. The van der Waals surface area contributed by atoms with Crippen molar-refractivity contribution in [2.24, 2.45) is 7.05 Å². The number of hydrogen-bond donors (Lipinski definition) is 0. The third kappa shape index (κ3) is 2.32. The monoisotopic (exact) mass is 360 g/mol. The van der Waals surface area contributed by atoms with E-state index in [1.54, 1.807) is 10.4 Å². The molecule has 1 aliphatic heterocycles. The zero-order valence-corrected chi connectivity index (χ0v) is 15.5. The second-order valence-corrected chi connectivity index (χ2v) is 9.50. The molecule has 126 valence electrons. The summed E-state index contributed by atoms with van der Waals surface area (Å²) in [5, 5.41) is 1.25. The maximum absolute atomic E-state index is 13.0. The summed E-state index contributed by atoms with van der Waals surface area (Å²) in [7, 11) is -1.38. The summed E-state index contributed by atoms with van der Waals surface area (Å²) in [5.41, 5.74) is 3.57. The van der Waals surface area contributed by atoms with Crippen LogP contribution in [-0.2, 0) is 36.5 Å². The van der Waals surface area contributed by atoms with Gasteiger partial charge in [-0.1, -0.05) is 25.1 Å². The van der Waals surface area contributed by atoms with Crippen LogP contribution in [0.3, 0.4) is 0 Å². The molecule has 0 amide bonds. The number of para-hydroxylation sites is 1. The van der Waals surface area contributed by atoms with Crippen molar-refractivity contribution in [2.75, 3.05) is 6.54 Å². The quantitative estimate of drug-likeness (QED) is 0.717. The topological polar surface area (TPSA) is 42.3 Å². The fourth-order valence-electron chi connectivity index (χ4n) is 3.51. The highest BCUT2D eigenvalue weighted by Gasteiger charge is 2.32. The molecule has 6 heteroatoms. The van der Waals surface area contributed by atoms with E-state index in [0.29, 0.717) is 17.3 Å². The van der Waals surface area contributed by atoms with E-state index in [-0.39, 0.29) is 0 Å². The highest BCUT2D eigenvalue weighted by atomic mass is 32.2. The van der Waals surface area contributed by atoms with Crippen LogP contribution in [-0.4, -0.2) is 23.8 Å². The first-order valence-corrected chi connectivity index (χ1v) is 10.4. The molecule has 0 N–H and O–H groups in total. The van der Waals surface area contributed by atoms with E-state index in [0.717, 1.165) is 23.4 Å². The summed E-state index contributed by atoms with van der Waals surface area (Å²) >= 11 is 1.39. The van der Waals surface area contributed by atoms with Crippen LogP contribution in [0, 0.1) is 0 Å². The Labute approximate surface area is 146 Å². The molecular weight excluding hydrogens is 340 g/mol. The summed E-state index contributed by atoms with van der Waals surface area (Å²) in [6, 6.07) is 12.0. The Morgan fingerprint density at radius 3 is 2.71 bits per heavy atom. The average molecular weight is 361 g/mol. The smallest absolute Gasteiger partial charge is 0.252 e. The largest absolute Gasteiger partial charge is 0.346 e. The number of hydrogen-bond acceptors (Lipinski definition) is 3. The number of aromatic nitrogens is 1. The van der Waals surface area contributed by atoms with Crippen LogP contribution < -0.4 is 0 Å². The van der Waals surface area contributed by atoms with Crippen molar-refractivity contribution < 1.29 is 8.42 Å². The molecule has 0 aliphatic carbocycles. The Kier molecular flexibility index (Phi) is 3.78. The molecule has 2 aromatic heterocycles. The lowest BCUT2D eigenvalue weighted by atomic mass is 10.1. The van der Waals surface area contributed by atoms with Gasteiger partial charge in [0.05, 0.1) is 6.54 Å². The van der Waals surface area contributed by atoms with Gasteiger partial charge in [0, 0.05) is 35.1 Å². The van der Waals surface area contributed by atoms with Crippen molar-refractivity contribution in [3.63, 3.8) is 0 Å². The molecule has 24 heavy (non-hydrogen) atoms. The van der Waals surface area contributed by atoms with Gasteiger partial charge < -0.3 is 4.57 Å². The molecule has 0 atom stereocenters. The maximum atomic E-state index is 13.0. The zero-order chi connectivity index (χ0) is 16.9. The van der Waals surface area contributed by atoms with E-state index in [9.17, 15) is 8.42 Å². The van der Waals surface area contributed by atoms with Gasteiger partial charge in [0.1, 0.15) is 4.21 Å². The van der Waals surface area contributed by atoms with E-state index in [4.69, 9.17) is 0 Å². The molecule has 0 spiro atoms. The minimum Gasteiger partial charge on any atom is -0.346 e. The highest BCUT2D eigenvalue weighted by molar-refractivity contribution is 7.91. The van der Waals surface area contributed by atoms with Crippen LogP contribution in [0.5, 0.6) is 0 Å². The van der Waals surface area contributed by atoms with E-state index in [2.05, 4.69) is 16.7 Å². The van der Waals surface area contributed by atoms with Gasteiger partial charge in [-0.25, -0.2) is 8.42 Å². The van der Waals surface area contributed by atoms with Crippen molar-refractivity contribution >= 4 is 32.3 Å². The average Bonchev–Trinajstić information content (AvgIpc) is 3.20. The summed E-state index contributed by atoms with van der Waals surface area (Å²) in [6.07, 6.45) is 1.63. The van der Waals surface area contributed by atoms with Gasteiger partial charge >= 0.3 is 0 Å². The molecule has 1 aromatic carbocycles. The number of thiophene rings is 1. The molecule has 0 radical (unpaired) electrons. The first kappa shape index (κ1) is 15.9. The van der Waals surface area contributed by atoms with Crippen molar-refractivity contribution in [3.05, 3.63) is 52.5 Å². The third-order valence-corrected chi connectivity index (χ3v) is 8.40. The normalized spacial score (nSPS) is 15.8. The lowest BCUT2D eigenvalue weighted by Crippen LogP contribution is -2.36. The second kappa shape index (κ2) is 5.72. The molecule has 4 nitrogen and oxygen atoms in total. The van der Waals surface area contributed by atoms with E-state index in [1.165, 1.54) is 27.8 Å². The summed E-state index contributed by atoms with van der Waals surface area (Å²) in [4.78, 5) is 1.11. The van der Waals surface area contributed by atoms with Crippen LogP contribution >= 0.6 is 11.3 Å². The van der Waals surface area contributed by atoms with Gasteiger partial charge in [-0.2, -0.15) is 4.31 Å². The minimum absolute atomic E-state index is 0.447. The highest BCUT2D eigenvalue weighted by Crippen LogP contribution is 2.33. The van der Waals surface area contributed by atoms with E-state index in [1.807, 2.05) is 32.2 Å². The SMILES string of the molecule is CCc1ccc(S(=O)(=O)N2CCc3c(n(C)c4ccccc34)C2)s1. The van der Waals surface area contributed by atoms with Crippen LogP contribution in [0.4, 0.5) is 0 Å². The van der Waals surface area contributed by atoms with Crippen LogP contribution in [0.2, 0.25) is 0 Å². The Hall–Kier alpha value is -1.63. The van der Waals surface area contributed by atoms with Gasteiger partial charge in [0.25, 0.3) is 10.0 Å². The standard InChI is InChI=1S/C18H20N2O2S2/c1-3-13-8-9-18(23-13)24(21,22)20-11-10-15-14-6-4-5-7-16(14)19(2)17(15)12-20/h4-9H,3,10-12H2,1-2H3. The Morgan fingerprint density at radius 1 is 1.17 bits per heavy atom. The van der Waals surface area contributed by atoms with E-state index >= 15 is 0 Å². The summed E-state index contributed by atoms with van der Waals surface area (Å²) < 4.78 is 30.2. The fourth-order valence-corrected chi connectivity index (χ4v) is 6.36. The fraction of sp³-hybridized carbons (Fsp3) is 0.333. The molecule has 0 saturated heterocycles. The lowest BCUT2D eigenvalue weighted by Gasteiger charge is -2.26. The van der Waals surface area contributed by atoms with Crippen molar-refractivity contribution in [3.8, 4) is 0 Å².